The van der Waals surface area contributed by atoms with Crippen LogP contribution < -0.4 is 5.32 Å². The normalized spacial score (nSPS) is 15.7. The van der Waals surface area contributed by atoms with Crippen molar-refractivity contribution in [1.82, 2.24) is 9.80 Å². The molecule has 0 spiro atoms. The monoisotopic (exact) mass is 389 g/mol. The Morgan fingerprint density at radius 2 is 1.78 bits per heavy atom. The Hall–Kier alpha value is -1.95. The molecule has 4 nitrogen and oxygen atoms in total. The third-order valence-electron chi connectivity index (χ3n) is 4.89. The second-order valence-electron chi connectivity index (χ2n) is 7.17. The Labute approximate surface area is 164 Å². The van der Waals surface area contributed by atoms with E-state index >= 15 is 0 Å². The molecule has 2 aromatic rings. The molecule has 6 heteroatoms. The van der Waals surface area contributed by atoms with Crippen LogP contribution in [0.1, 0.15) is 16.7 Å². The molecule has 1 heterocycles. The van der Waals surface area contributed by atoms with Gasteiger partial charge < -0.3 is 5.32 Å². The standard InChI is InChI=1S/C21H25ClFN3O/c1-15-3-4-16(2)20(11-15)24-21(27)14-26-9-7-25(8-10-26)13-17-5-6-19(23)18(22)12-17/h3-6,11-12H,7-10,13-14H2,1-2H3,(H,24,27). The van der Waals surface area contributed by atoms with Gasteiger partial charge >= 0.3 is 0 Å². The zero-order valence-corrected chi connectivity index (χ0v) is 16.5. The Bertz CT molecular complexity index is 819. The summed E-state index contributed by atoms with van der Waals surface area (Å²) in [5, 5.41) is 3.18. The van der Waals surface area contributed by atoms with Gasteiger partial charge in [-0.05, 0) is 48.7 Å². The van der Waals surface area contributed by atoms with Crippen LogP contribution in [0.3, 0.4) is 0 Å². The van der Waals surface area contributed by atoms with Crippen LogP contribution in [0, 0.1) is 19.7 Å². The van der Waals surface area contributed by atoms with Gasteiger partial charge in [0.25, 0.3) is 0 Å². The lowest BCUT2D eigenvalue weighted by Crippen LogP contribution is -2.48. The van der Waals surface area contributed by atoms with Gasteiger partial charge in [0.1, 0.15) is 5.82 Å². The minimum atomic E-state index is -0.389. The molecule has 1 saturated heterocycles. The van der Waals surface area contributed by atoms with Crippen LogP contribution in [-0.4, -0.2) is 48.4 Å². The number of carbonyl (C=O) groups excluding carboxylic acids is 1. The highest BCUT2D eigenvalue weighted by Gasteiger charge is 2.19. The van der Waals surface area contributed by atoms with Crippen molar-refractivity contribution in [2.24, 2.45) is 0 Å². The molecule has 1 aliphatic rings. The molecule has 1 aliphatic heterocycles. The maximum atomic E-state index is 13.3. The Morgan fingerprint density at radius 3 is 2.48 bits per heavy atom. The van der Waals surface area contributed by atoms with Gasteiger partial charge in [0.2, 0.25) is 5.91 Å². The number of hydrogen-bond donors (Lipinski definition) is 1. The molecular weight excluding hydrogens is 365 g/mol. The highest BCUT2D eigenvalue weighted by atomic mass is 35.5. The second kappa shape index (κ2) is 8.83. The number of anilines is 1. The van der Waals surface area contributed by atoms with E-state index < -0.39 is 0 Å². The van der Waals surface area contributed by atoms with Crippen molar-refractivity contribution in [1.29, 1.82) is 0 Å². The van der Waals surface area contributed by atoms with Crippen LogP contribution in [0.15, 0.2) is 36.4 Å². The van der Waals surface area contributed by atoms with E-state index in [1.165, 1.54) is 6.07 Å². The van der Waals surface area contributed by atoms with Gasteiger partial charge in [0.05, 0.1) is 11.6 Å². The number of carbonyl (C=O) groups is 1. The van der Waals surface area contributed by atoms with Crippen LogP contribution >= 0.6 is 11.6 Å². The van der Waals surface area contributed by atoms with Crippen LogP contribution in [-0.2, 0) is 11.3 Å². The molecule has 27 heavy (non-hydrogen) atoms. The van der Waals surface area contributed by atoms with Gasteiger partial charge in [0.15, 0.2) is 0 Å². The molecule has 144 valence electrons. The average molecular weight is 390 g/mol. The van der Waals surface area contributed by atoms with Gasteiger partial charge in [-0.25, -0.2) is 4.39 Å². The molecule has 1 N–H and O–H groups in total. The Kier molecular flexibility index (Phi) is 6.47. The summed E-state index contributed by atoms with van der Waals surface area (Å²) in [6.07, 6.45) is 0. The molecule has 0 aliphatic carbocycles. The predicted molar refractivity (Wildman–Crippen MR) is 108 cm³/mol. The number of piperazine rings is 1. The first-order chi connectivity index (χ1) is 12.9. The van der Waals surface area contributed by atoms with Crippen LogP contribution in [0.25, 0.3) is 0 Å². The van der Waals surface area contributed by atoms with E-state index in [1.54, 1.807) is 12.1 Å². The summed E-state index contributed by atoms with van der Waals surface area (Å²) in [4.78, 5) is 16.8. The van der Waals surface area contributed by atoms with Crippen molar-refractivity contribution < 1.29 is 9.18 Å². The number of nitrogens with one attached hydrogen (secondary N) is 1. The quantitative estimate of drug-likeness (QED) is 0.843. The number of aryl methyl sites for hydroxylation is 2. The van der Waals surface area contributed by atoms with Crippen LogP contribution in [0.5, 0.6) is 0 Å². The highest BCUT2D eigenvalue weighted by molar-refractivity contribution is 6.30. The van der Waals surface area contributed by atoms with E-state index in [2.05, 4.69) is 15.1 Å². The summed E-state index contributed by atoms with van der Waals surface area (Å²) in [5.74, 6) is -0.373. The number of amides is 1. The largest absolute Gasteiger partial charge is 0.325 e. The average Bonchev–Trinajstić information content (AvgIpc) is 2.63. The SMILES string of the molecule is Cc1ccc(C)c(NC(=O)CN2CCN(Cc3ccc(F)c(Cl)c3)CC2)c1. The Morgan fingerprint density at radius 1 is 1.07 bits per heavy atom. The third kappa shape index (κ3) is 5.51. The van der Waals surface area contributed by atoms with Crippen LogP contribution in [0.2, 0.25) is 5.02 Å². The van der Waals surface area contributed by atoms with E-state index in [0.29, 0.717) is 6.54 Å². The molecule has 0 radical (unpaired) electrons. The highest BCUT2D eigenvalue weighted by Crippen LogP contribution is 2.18. The summed E-state index contributed by atoms with van der Waals surface area (Å²) in [6, 6.07) is 10.9. The lowest BCUT2D eigenvalue weighted by Gasteiger charge is -2.34. The third-order valence-corrected chi connectivity index (χ3v) is 5.18. The molecule has 3 rings (SSSR count). The number of rotatable bonds is 5. The smallest absolute Gasteiger partial charge is 0.238 e. The molecule has 0 bridgehead atoms. The van der Waals surface area contributed by atoms with Crippen molar-refractivity contribution in [3.63, 3.8) is 0 Å². The van der Waals surface area contributed by atoms with Gasteiger partial charge in [-0.15, -0.1) is 0 Å². The van der Waals surface area contributed by atoms with Gasteiger partial charge in [-0.1, -0.05) is 29.8 Å². The minimum Gasteiger partial charge on any atom is -0.325 e. The first-order valence-electron chi connectivity index (χ1n) is 9.16. The van der Waals surface area contributed by atoms with Gasteiger partial charge in [-0.2, -0.15) is 0 Å². The molecule has 1 amide bonds. The molecule has 0 saturated carbocycles. The fourth-order valence-corrected chi connectivity index (χ4v) is 3.47. The van der Waals surface area contributed by atoms with E-state index in [1.807, 2.05) is 32.0 Å². The summed E-state index contributed by atoms with van der Waals surface area (Å²) in [7, 11) is 0. The van der Waals surface area contributed by atoms with Crippen LogP contribution in [0.4, 0.5) is 10.1 Å². The molecule has 0 atom stereocenters. The van der Waals surface area contributed by atoms with Crippen molar-refractivity contribution >= 4 is 23.2 Å². The van der Waals surface area contributed by atoms with Crippen molar-refractivity contribution in [2.45, 2.75) is 20.4 Å². The topological polar surface area (TPSA) is 35.6 Å². The molecule has 2 aromatic carbocycles. The molecule has 0 aromatic heterocycles. The fraction of sp³-hybridized carbons (Fsp3) is 0.381. The maximum absolute atomic E-state index is 13.3. The molecule has 1 fully saturated rings. The fourth-order valence-electron chi connectivity index (χ4n) is 3.27. The maximum Gasteiger partial charge on any atom is 0.238 e. The van der Waals surface area contributed by atoms with E-state index in [4.69, 9.17) is 11.6 Å². The Balaban J connectivity index is 1.46. The van der Waals surface area contributed by atoms with E-state index in [-0.39, 0.29) is 16.7 Å². The zero-order valence-electron chi connectivity index (χ0n) is 15.8. The number of hydrogen-bond acceptors (Lipinski definition) is 3. The lowest BCUT2D eigenvalue weighted by molar-refractivity contribution is -0.117. The molecule has 0 unspecified atom stereocenters. The summed E-state index contributed by atoms with van der Waals surface area (Å²) in [5.41, 5.74) is 4.08. The van der Waals surface area contributed by atoms with E-state index in [0.717, 1.165) is 55.1 Å². The lowest BCUT2D eigenvalue weighted by atomic mass is 10.1. The summed E-state index contributed by atoms with van der Waals surface area (Å²) < 4.78 is 13.3. The van der Waals surface area contributed by atoms with Gasteiger partial charge in [-0.3, -0.25) is 14.6 Å². The first kappa shape index (κ1) is 19.8. The predicted octanol–water partition coefficient (Wildman–Crippen LogP) is 3.85. The minimum absolute atomic E-state index is 0.0162. The number of halogens is 2. The summed E-state index contributed by atoms with van der Waals surface area (Å²) >= 11 is 5.85. The first-order valence-corrected chi connectivity index (χ1v) is 9.54. The molecular formula is C21H25ClFN3O. The van der Waals surface area contributed by atoms with Gasteiger partial charge in [0, 0.05) is 38.4 Å². The second-order valence-corrected chi connectivity index (χ2v) is 7.57. The van der Waals surface area contributed by atoms with E-state index in [9.17, 15) is 9.18 Å². The zero-order chi connectivity index (χ0) is 19.4. The van der Waals surface area contributed by atoms with Crippen molar-refractivity contribution in [3.05, 3.63) is 63.9 Å². The number of nitrogens with zero attached hydrogens (tertiary/aromatic N) is 2. The summed E-state index contributed by atoms with van der Waals surface area (Å²) in [6.45, 7) is 8.53. The van der Waals surface area contributed by atoms with Crippen molar-refractivity contribution in [3.8, 4) is 0 Å². The number of benzene rings is 2. The van der Waals surface area contributed by atoms with Crippen molar-refractivity contribution in [2.75, 3.05) is 38.0 Å².